The van der Waals surface area contributed by atoms with Gasteiger partial charge in [-0.1, -0.05) is 6.92 Å². The monoisotopic (exact) mass is 336 g/mol. The lowest BCUT2D eigenvalue weighted by Gasteiger charge is -2.35. The highest BCUT2D eigenvalue weighted by Gasteiger charge is 2.33. The Labute approximate surface area is 143 Å². The van der Waals surface area contributed by atoms with Crippen LogP contribution in [0.2, 0.25) is 0 Å². The first kappa shape index (κ1) is 17.2. The molecule has 0 unspecified atom stereocenters. The molecule has 0 spiro atoms. The molecule has 3 heterocycles. The molecule has 2 amide bonds. The van der Waals surface area contributed by atoms with Gasteiger partial charge in [0.2, 0.25) is 0 Å². The first-order chi connectivity index (χ1) is 11.6. The van der Waals surface area contributed by atoms with Gasteiger partial charge in [0, 0.05) is 31.3 Å². The SMILES string of the molecule is C[C@@H](CNC(=O)N1CCCC[C@@H]1c1cn[nH]c1)CC1(C)OCCO1. The van der Waals surface area contributed by atoms with Gasteiger partial charge in [-0.3, -0.25) is 5.10 Å². The summed E-state index contributed by atoms with van der Waals surface area (Å²) in [5.41, 5.74) is 1.08. The third-order valence-corrected chi connectivity index (χ3v) is 4.89. The zero-order valence-corrected chi connectivity index (χ0v) is 14.6. The van der Waals surface area contributed by atoms with E-state index in [1.165, 1.54) is 0 Å². The highest BCUT2D eigenvalue weighted by molar-refractivity contribution is 5.74. The minimum Gasteiger partial charge on any atom is -0.348 e. The van der Waals surface area contributed by atoms with E-state index in [4.69, 9.17) is 9.47 Å². The maximum absolute atomic E-state index is 12.6. The van der Waals surface area contributed by atoms with E-state index in [-0.39, 0.29) is 18.0 Å². The summed E-state index contributed by atoms with van der Waals surface area (Å²) in [6.07, 6.45) is 7.66. The number of piperidine rings is 1. The van der Waals surface area contributed by atoms with Crippen LogP contribution in [-0.2, 0) is 9.47 Å². The van der Waals surface area contributed by atoms with Crippen molar-refractivity contribution in [1.29, 1.82) is 0 Å². The maximum Gasteiger partial charge on any atom is 0.317 e. The van der Waals surface area contributed by atoms with Crippen molar-refractivity contribution in [2.45, 2.75) is 51.4 Å². The van der Waals surface area contributed by atoms with Crippen molar-refractivity contribution in [2.24, 2.45) is 5.92 Å². The Balaban J connectivity index is 1.51. The van der Waals surface area contributed by atoms with Crippen LogP contribution in [0.25, 0.3) is 0 Å². The lowest BCUT2D eigenvalue weighted by atomic mass is 9.98. The van der Waals surface area contributed by atoms with Crippen LogP contribution >= 0.6 is 0 Å². The Bertz CT molecular complexity index is 528. The molecule has 24 heavy (non-hydrogen) atoms. The van der Waals surface area contributed by atoms with E-state index >= 15 is 0 Å². The van der Waals surface area contributed by atoms with E-state index in [0.29, 0.717) is 19.8 Å². The van der Waals surface area contributed by atoms with Crippen LogP contribution in [0.15, 0.2) is 12.4 Å². The molecule has 0 saturated carbocycles. The van der Waals surface area contributed by atoms with Gasteiger partial charge in [0.1, 0.15) is 0 Å². The number of rotatable bonds is 5. The summed E-state index contributed by atoms with van der Waals surface area (Å²) < 4.78 is 11.3. The quantitative estimate of drug-likeness (QED) is 0.865. The number of carbonyl (C=O) groups excluding carboxylic acids is 1. The Morgan fingerprint density at radius 3 is 3.00 bits per heavy atom. The summed E-state index contributed by atoms with van der Waals surface area (Å²) in [5.74, 6) is -0.219. The summed E-state index contributed by atoms with van der Waals surface area (Å²) in [6.45, 7) is 6.79. The number of ether oxygens (including phenoxy) is 2. The number of H-pyrrole nitrogens is 1. The summed E-state index contributed by atoms with van der Waals surface area (Å²) in [6, 6.07) is 0.123. The van der Waals surface area contributed by atoms with Gasteiger partial charge in [-0.05, 0) is 32.1 Å². The third-order valence-electron chi connectivity index (χ3n) is 4.89. The van der Waals surface area contributed by atoms with Crippen LogP contribution in [0.4, 0.5) is 4.79 Å². The standard InChI is InChI=1S/C17H28N4O3/c1-13(9-17(2)23-7-8-24-17)10-18-16(22)21-6-4-3-5-15(21)14-11-19-20-12-14/h11-13,15H,3-10H2,1-2H3,(H,18,22)(H,19,20)/t13-,15-/m1/s1. The molecule has 7 heteroatoms. The zero-order chi connectivity index (χ0) is 17.0. The van der Waals surface area contributed by atoms with Gasteiger partial charge in [0.15, 0.2) is 5.79 Å². The number of hydrogen-bond donors (Lipinski definition) is 2. The van der Waals surface area contributed by atoms with E-state index in [0.717, 1.165) is 37.8 Å². The second-order valence-corrected chi connectivity index (χ2v) is 7.06. The van der Waals surface area contributed by atoms with Gasteiger partial charge in [0.05, 0.1) is 25.5 Å². The molecule has 2 saturated heterocycles. The van der Waals surface area contributed by atoms with Gasteiger partial charge in [-0.2, -0.15) is 5.10 Å². The number of nitrogens with one attached hydrogen (secondary N) is 2. The maximum atomic E-state index is 12.6. The molecule has 0 radical (unpaired) electrons. The fourth-order valence-electron chi connectivity index (χ4n) is 3.71. The van der Waals surface area contributed by atoms with Crippen molar-refractivity contribution in [3.8, 4) is 0 Å². The zero-order valence-electron chi connectivity index (χ0n) is 14.6. The van der Waals surface area contributed by atoms with Crippen molar-refractivity contribution in [2.75, 3.05) is 26.3 Å². The predicted octanol–water partition coefficient (Wildman–Crippen LogP) is 2.44. The van der Waals surface area contributed by atoms with Crippen molar-refractivity contribution in [1.82, 2.24) is 20.4 Å². The molecule has 7 nitrogen and oxygen atoms in total. The van der Waals surface area contributed by atoms with E-state index < -0.39 is 5.79 Å². The molecule has 2 aliphatic heterocycles. The highest BCUT2D eigenvalue weighted by Crippen LogP contribution is 2.30. The molecule has 0 aliphatic carbocycles. The van der Waals surface area contributed by atoms with Crippen LogP contribution in [0, 0.1) is 5.92 Å². The highest BCUT2D eigenvalue weighted by atomic mass is 16.7. The summed E-state index contributed by atoms with van der Waals surface area (Å²) in [4.78, 5) is 14.6. The van der Waals surface area contributed by atoms with Crippen LogP contribution in [0.3, 0.4) is 0 Å². The number of hydrogen-bond acceptors (Lipinski definition) is 4. The lowest BCUT2D eigenvalue weighted by Crippen LogP contribution is -2.46. The minimum atomic E-state index is -0.505. The van der Waals surface area contributed by atoms with Gasteiger partial charge >= 0.3 is 6.03 Å². The summed E-state index contributed by atoms with van der Waals surface area (Å²) in [5, 5.41) is 9.94. The number of nitrogens with zero attached hydrogens (tertiary/aromatic N) is 2. The molecule has 2 aliphatic rings. The van der Waals surface area contributed by atoms with Crippen molar-refractivity contribution >= 4 is 6.03 Å². The van der Waals surface area contributed by atoms with E-state index in [9.17, 15) is 4.79 Å². The molecule has 2 atom stereocenters. The molecule has 2 N–H and O–H groups in total. The Hall–Kier alpha value is -1.60. The van der Waals surface area contributed by atoms with Crippen molar-refractivity contribution in [3.63, 3.8) is 0 Å². The fourth-order valence-corrected chi connectivity index (χ4v) is 3.71. The van der Waals surface area contributed by atoms with Crippen LogP contribution < -0.4 is 5.32 Å². The first-order valence-electron chi connectivity index (χ1n) is 8.88. The van der Waals surface area contributed by atoms with Gasteiger partial charge < -0.3 is 19.7 Å². The summed E-state index contributed by atoms with van der Waals surface area (Å²) in [7, 11) is 0. The largest absolute Gasteiger partial charge is 0.348 e. The minimum absolute atomic E-state index is 0.00571. The molecule has 3 rings (SSSR count). The fraction of sp³-hybridized carbons (Fsp3) is 0.765. The van der Waals surface area contributed by atoms with Crippen LogP contribution in [0.1, 0.15) is 51.1 Å². The van der Waals surface area contributed by atoms with Gasteiger partial charge in [-0.25, -0.2) is 4.79 Å². The average Bonchev–Trinajstić information content (AvgIpc) is 3.24. The lowest BCUT2D eigenvalue weighted by molar-refractivity contribution is -0.153. The van der Waals surface area contributed by atoms with E-state index in [2.05, 4.69) is 22.4 Å². The van der Waals surface area contributed by atoms with Crippen molar-refractivity contribution in [3.05, 3.63) is 18.0 Å². The summed E-state index contributed by atoms with van der Waals surface area (Å²) >= 11 is 0. The first-order valence-corrected chi connectivity index (χ1v) is 8.88. The number of aromatic amines is 1. The third kappa shape index (κ3) is 4.08. The molecule has 1 aromatic rings. The Morgan fingerprint density at radius 1 is 1.50 bits per heavy atom. The number of amides is 2. The van der Waals surface area contributed by atoms with Gasteiger partial charge in [-0.15, -0.1) is 0 Å². The van der Waals surface area contributed by atoms with Crippen LogP contribution in [-0.4, -0.2) is 53.2 Å². The molecule has 134 valence electrons. The number of aromatic nitrogens is 2. The van der Waals surface area contributed by atoms with Gasteiger partial charge in [0.25, 0.3) is 0 Å². The number of urea groups is 1. The molecule has 0 bridgehead atoms. The topological polar surface area (TPSA) is 79.5 Å². The molecule has 2 fully saturated rings. The smallest absolute Gasteiger partial charge is 0.317 e. The Kier molecular flexibility index (Phi) is 5.40. The van der Waals surface area contributed by atoms with E-state index in [1.807, 2.05) is 24.2 Å². The van der Waals surface area contributed by atoms with Crippen molar-refractivity contribution < 1.29 is 14.3 Å². The number of likely N-dealkylation sites (tertiary alicyclic amines) is 1. The molecule has 0 aromatic carbocycles. The second kappa shape index (κ2) is 7.53. The molecular formula is C17H28N4O3. The van der Waals surface area contributed by atoms with Crippen LogP contribution in [0.5, 0.6) is 0 Å². The average molecular weight is 336 g/mol. The second-order valence-electron chi connectivity index (χ2n) is 7.06. The normalized spacial score (nSPS) is 24.8. The number of carbonyl (C=O) groups is 1. The predicted molar refractivity (Wildman–Crippen MR) is 89.4 cm³/mol. The Morgan fingerprint density at radius 2 is 2.29 bits per heavy atom. The molecule has 1 aromatic heterocycles. The molecular weight excluding hydrogens is 308 g/mol. The van der Waals surface area contributed by atoms with E-state index in [1.54, 1.807) is 0 Å².